The maximum Gasteiger partial charge on any atom is 2.00 e. The summed E-state index contributed by atoms with van der Waals surface area (Å²) in [4.78, 5) is 0. The van der Waals surface area contributed by atoms with Crippen LogP contribution in [0.3, 0.4) is 0 Å². The van der Waals surface area contributed by atoms with Gasteiger partial charge in [0.1, 0.15) is 0 Å². The van der Waals surface area contributed by atoms with Gasteiger partial charge in [-0.05, 0) is 0 Å². The molecule has 0 spiro atoms. The Bertz CT molecular complexity index is 446. The Kier molecular flexibility index (Phi) is 6.09. The molecular weight excluding hydrogens is 248 g/mol. The summed E-state index contributed by atoms with van der Waals surface area (Å²) < 4.78 is 0. The van der Waals surface area contributed by atoms with E-state index in [9.17, 15) is 0 Å². The van der Waals surface area contributed by atoms with E-state index < -0.39 is 0 Å². The van der Waals surface area contributed by atoms with E-state index in [-0.39, 0.29) is 17.1 Å². The van der Waals surface area contributed by atoms with E-state index in [4.69, 9.17) is 0 Å². The maximum absolute atomic E-state index is 2.12. The summed E-state index contributed by atoms with van der Waals surface area (Å²) in [5.41, 5.74) is 2.59. The summed E-state index contributed by atoms with van der Waals surface area (Å²) in [7, 11) is 0. The average molecular weight is 262 g/mol. The zero-order chi connectivity index (χ0) is 11.1. The molecule has 3 rings (SSSR count). The van der Waals surface area contributed by atoms with Gasteiger partial charge in [-0.15, -0.1) is 11.6 Å². The second-order valence-corrected chi connectivity index (χ2v) is 3.50. The zero-order valence-electron chi connectivity index (χ0n) is 9.44. The minimum atomic E-state index is 0. The third-order valence-corrected chi connectivity index (χ3v) is 2.33. The Balaban J connectivity index is 0.000000205. The molecule has 0 atom stereocenters. The van der Waals surface area contributed by atoms with E-state index in [0.717, 1.165) is 0 Å². The van der Waals surface area contributed by atoms with Crippen LogP contribution in [-0.4, -0.2) is 0 Å². The molecule has 0 unspecified atom stereocenters. The van der Waals surface area contributed by atoms with Crippen molar-refractivity contribution in [2.24, 2.45) is 0 Å². The Morgan fingerprint density at radius 3 is 1.82 bits per heavy atom. The number of rotatable bonds is 1. The molecule has 17 heavy (non-hydrogen) atoms. The average Bonchev–Trinajstić information content (AvgIpc) is 3.07. The van der Waals surface area contributed by atoms with E-state index in [1.54, 1.807) is 0 Å². The summed E-state index contributed by atoms with van der Waals surface area (Å²) in [6.07, 6.45) is 0. The molecular formula is C16H14Fe. The maximum atomic E-state index is 2.12. The summed E-state index contributed by atoms with van der Waals surface area (Å²) in [6, 6.07) is 28.7. The molecule has 0 radical (unpaired) electrons. The van der Waals surface area contributed by atoms with Gasteiger partial charge >= 0.3 is 17.1 Å². The van der Waals surface area contributed by atoms with Gasteiger partial charge in [0.25, 0.3) is 0 Å². The van der Waals surface area contributed by atoms with Crippen LogP contribution in [-0.2, 0) is 17.1 Å². The van der Waals surface area contributed by atoms with Crippen LogP contribution in [0.15, 0.2) is 84.9 Å². The molecule has 0 heterocycles. The van der Waals surface area contributed by atoms with Crippen molar-refractivity contribution in [2.75, 3.05) is 0 Å². The van der Waals surface area contributed by atoms with Crippen molar-refractivity contribution in [3.63, 3.8) is 0 Å². The van der Waals surface area contributed by atoms with Crippen LogP contribution < -0.4 is 0 Å². The standard InChI is InChI=1S/C11H9.C5H5.Fe/c1-2-6-10(7-3-1)11-8-4-5-9-11;1-2-4-5-3-1;/h1-9H;1-5H;/q2*-1;+2. The van der Waals surface area contributed by atoms with Gasteiger partial charge in [0.2, 0.25) is 0 Å². The Morgan fingerprint density at radius 2 is 1.35 bits per heavy atom. The van der Waals surface area contributed by atoms with Crippen LogP contribution in [0.25, 0.3) is 11.1 Å². The third kappa shape index (κ3) is 4.44. The molecule has 0 fully saturated rings. The molecule has 0 aliphatic rings. The third-order valence-electron chi connectivity index (χ3n) is 2.33. The molecule has 0 N–H and O–H groups in total. The van der Waals surface area contributed by atoms with E-state index >= 15 is 0 Å². The number of benzene rings is 1. The van der Waals surface area contributed by atoms with Crippen LogP contribution in [0.5, 0.6) is 0 Å². The summed E-state index contributed by atoms with van der Waals surface area (Å²) in [6.45, 7) is 0. The van der Waals surface area contributed by atoms with Crippen LogP contribution in [0.4, 0.5) is 0 Å². The van der Waals surface area contributed by atoms with Crippen LogP contribution in [0.2, 0.25) is 0 Å². The molecule has 0 saturated carbocycles. The number of hydrogen-bond acceptors (Lipinski definition) is 0. The summed E-state index contributed by atoms with van der Waals surface area (Å²) >= 11 is 0. The van der Waals surface area contributed by atoms with Crippen molar-refractivity contribution in [3.8, 4) is 11.1 Å². The van der Waals surface area contributed by atoms with Crippen molar-refractivity contribution >= 4 is 0 Å². The van der Waals surface area contributed by atoms with Gasteiger partial charge in [0.15, 0.2) is 0 Å². The van der Waals surface area contributed by atoms with Crippen molar-refractivity contribution in [1.29, 1.82) is 0 Å². The van der Waals surface area contributed by atoms with Crippen molar-refractivity contribution in [2.45, 2.75) is 0 Å². The Morgan fingerprint density at radius 1 is 0.647 bits per heavy atom. The SMILES string of the molecule is [Fe+2].c1cc[cH-]c1.c1ccc(-c2ccc[cH-]2)cc1. The first kappa shape index (κ1) is 13.5. The van der Waals surface area contributed by atoms with Gasteiger partial charge in [-0.3, -0.25) is 0 Å². The van der Waals surface area contributed by atoms with Crippen molar-refractivity contribution < 1.29 is 17.1 Å². The molecule has 86 valence electrons. The molecule has 0 amide bonds. The van der Waals surface area contributed by atoms with E-state index in [1.807, 2.05) is 36.4 Å². The van der Waals surface area contributed by atoms with E-state index in [1.165, 1.54) is 11.1 Å². The van der Waals surface area contributed by atoms with Gasteiger partial charge in [-0.1, -0.05) is 30.3 Å². The van der Waals surface area contributed by atoms with Gasteiger partial charge in [0.05, 0.1) is 0 Å². The minimum absolute atomic E-state index is 0. The molecule has 0 bridgehead atoms. The van der Waals surface area contributed by atoms with Crippen molar-refractivity contribution in [3.05, 3.63) is 84.9 Å². The van der Waals surface area contributed by atoms with Crippen LogP contribution in [0, 0.1) is 0 Å². The summed E-state index contributed by atoms with van der Waals surface area (Å²) in [5, 5.41) is 0. The van der Waals surface area contributed by atoms with Gasteiger partial charge in [-0.25, -0.2) is 12.1 Å². The summed E-state index contributed by atoms with van der Waals surface area (Å²) in [5.74, 6) is 0. The second kappa shape index (κ2) is 7.67. The fourth-order valence-electron chi connectivity index (χ4n) is 1.52. The molecule has 0 nitrogen and oxygen atoms in total. The minimum Gasteiger partial charge on any atom is -0.214 e. The number of hydrogen-bond donors (Lipinski definition) is 0. The Labute approximate surface area is 113 Å². The fraction of sp³-hybridized carbons (Fsp3) is 0. The van der Waals surface area contributed by atoms with Gasteiger partial charge in [-0.2, -0.15) is 42.0 Å². The molecule has 3 aromatic rings. The van der Waals surface area contributed by atoms with Gasteiger partial charge < -0.3 is 0 Å². The molecule has 1 heteroatoms. The Hall–Kier alpha value is -1.56. The molecule has 0 aliphatic heterocycles. The fourth-order valence-corrected chi connectivity index (χ4v) is 1.52. The monoisotopic (exact) mass is 262 g/mol. The normalized spacial score (nSPS) is 8.71. The van der Waals surface area contributed by atoms with E-state index in [0.29, 0.717) is 0 Å². The zero-order valence-corrected chi connectivity index (χ0v) is 10.5. The van der Waals surface area contributed by atoms with Crippen LogP contribution in [0.1, 0.15) is 0 Å². The quantitative estimate of drug-likeness (QED) is 0.448. The van der Waals surface area contributed by atoms with Crippen LogP contribution >= 0.6 is 0 Å². The first-order valence-electron chi connectivity index (χ1n) is 5.40. The first-order chi connectivity index (χ1) is 7.97. The van der Waals surface area contributed by atoms with E-state index in [2.05, 4.69) is 48.5 Å². The molecule has 0 aliphatic carbocycles. The predicted octanol–water partition coefficient (Wildman–Crippen LogP) is 4.48. The smallest absolute Gasteiger partial charge is 0.214 e. The predicted molar refractivity (Wildman–Crippen MR) is 69.5 cm³/mol. The van der Waals surface area contributed by atoms with Gasteiger partial charge in [0, 0.05) is 0 Å². The largest absolute Gasteiger partial charge is 2.00 e. The molecule has 0 saturated heterocycles. The topological polar surface area (TPSA) is 0 Å². The second-order valence-electron chi connectivity index (χ2n) is 3.50. The first-order valence-corrected chi connectivity index (χ1v) is 5.40. The molecule has 0 aromatic heterocycles. The van der Waals surface area contributed by atoms with Crippen molar-refractivity contribution in [1.82, 2.24) is 0 Å². The molecule has 3 aromatic carbocycles.